The summed E-state index contributed by atoms with van der Waals surface area (Å²) >= 11 is 0. The van der Waals surface area contributed by atoms with Gasteiger partial charge in [0.25, 0.3) is 0 Å². The van der Waals surface area contributed by atoms with Crippen molar-refractivity contribution in [1.82, 2.24) is 0 Å². The largest absolute Gasteiger partial charge is 0.382 e. The lowest BCUT2D eigenvalue weighted by Crippen LogP contribution is -2.27. The number of ether oxygens (including phenoxy) is 7. The quantitative estimate of drug-likeness (QED) is 0.233. The Bertz CT molecular complexity index is 339. The van der Waals surface area contributed by atoms with Crippen LogP contribution in [0.15, 0.2) is 24.3 Å². The molecule has 0 aliphatic carbocycles. The first-order chi connectivity index (χ1) is 13.0. The molecule has 160 valence electrons. The normalized spacial score (nSPS) is 13.5. The Balaban J connectivity index is 3.63. The topological polar surface area (TPSA) is 64.6 Å². The Morgan fingerprint density at radius 3 is 1.33 bits per heavy atom. The van der Waals surface area contributed by atoms with Crippen molar-refractivity contribution in [3.05, 3.63) is 24.3 Å². The lowest BCUT2D eigenvalue weighted by molar-refractivity contribution is -0.0652. The molecule has 0 bridgehead atoms. The van der Waals surface area contributed by atoms with Gasteiger partial charge in [-0.2, -0.15) is 0 Å². The van der Waals surface area contributed by atoms with Gasteiger partial charge < -0.3 is 33.2 Å². The smallest absolute Gasteiger partial charge is 0.104 e. The van der Waals surface area contributed by atoms with E-state index in [0.29, 0.717) is 66.1 Å². The molecule has 0 aromatic heterocycles. The van der Waals surface area contributed by atoms with Crippen molar-refractivity contribution in [3.63, 3.8) is 0 Å². The van der Waals surface area contributed by atoms with Crippen LogP contribution in [0.3, 0.4) is 0 Å². The molecule has 0 aliphatic heterocycles. The minimum Gasteiger partial charge on any atom is -0.382 e. The second kappa shape index (κ2) is 18.6. The molecule has 0 rings (SSSR count). The SMILES string of the molecule is C=C(C)COC(COC)COCCOCCOCC(COC)OCC(=C)C. The minimum atomic E-state index is -0.105. The average molecular weight is 391 g/mol. The van der Waals surface area contributed by atoms with Gasteiger partial charge in [0.05, 0.1) is 66.1 Å². The van der Waals surface area contributed by atoms with Crippen LogP contribution in [0.25, 0.3) is 0 Å². The molecule has 0 heterocycles. The third kappa shape index (κ3) is 18.3. The molecule has 0 aromatic rings. The van der Waals surface area contributed by atoms with E-state index in [2.05, 4.69) is 13.2 Å². The van der Waals surface area contributed by atoms with E-state index in [4.69, 9.17) is 33.2 Å². The zero-order valence-electron chi connectivity index (χ0n) is 17.5. The minimum absolute atomic E-state index is 0.105. The third-order valence-corrected chi connectivity index (χ3v) is 3.19. The van der Waals surface area contributed by atoms with Gasteiger partial charge in [-0.1, -0.05) is 24.3 Å². The van der Waals surface area contributed by atoms with Crippen molar-refractivity contribution >= 4 is 0 Å². The lowest BCUT2D eigenvalue weighted by atomic mass is 10.3. The summed E-state index contributed by atoms with van der Waals surface area (Å²) < 4.78 is 38.1. The zero-order valence-corrected chi connectivity index (χ0v) is 17.5. The Morgan fingerprint density at radius 2 is 1.00 bits per heavy atom. The molecule has 27 heavy (non-hydrogen) atoms. The van der Waals surface area contributed by atoms with Crippen LogP contribution in [0.5, 0.6) is 0 Å². The molecule has 0 radical (unpaired) electrons. The van der Waals surface area contributed by atoms with Gasteiger partial charge >= 0.3 is 0 Å². The highest BCUT2D eigenvalue weighted by Crippen LogP contribution is 2.00. The highest BCUT2D eigenvalue weighted by atomic mass is 16.6. The molecule has 0 N–H and O–H groups in total. The van der Waals surface area contributed by atoms with E-state index in [1.807, 2.05) is 13.8 Å². The summed E-state index contributed by atoms with van der Waals surface area (Å²) in [5.74, 6) is 0. The van der Waals surface area contributed by atoms with Gasteiger partial charge in [-0.05, 0) is 13.8 Å². The molecular weight excluding hydrogens is 352 g/mol. The molecule has 0 fully saturated rings. The highest BCUT2D eigenvalue weighted by molar-refractivity contribution is 4.88. The van der Waals surface area contributed by atoms with Crippen LogP contribution < -0.4 is 0 Å². The molecule has 0 amide bonds. The number of methoxy groups -OCH3 is 2. The second-order valence-electron chi connectivity index (χ2n) is 6.45. The van der Waals surface area contributed by atoms with Crippen molar-refractivity contribution in [2.45, 2.75) is 26.1 Å². The fraction of sp³-hybridized carbons (Fsp3) is 0.800. The first kappa shape index (κ1) is 26.2. The van der Waals surface area contributed by atoms with Gasteiger partial charge in [-0.25, -0.2) is 0 Å². The Kier molecular flexibility index (Phi) is 18.0. The van der Waals surface area contributed by atoms with Crippen molar-refractivity contribution in [2.75, 3.05) is 80.3 Å². The first-order valence-corrected chi connectivity index (χ1v) is 9.22. The highest BCUT2D eigenvalue weighted by Gasteiger charge is 2.10. The van der Waals surface area contributed by atoms with Crippen molar-refractivity contribution in [3.8, 4) is 0 Å². The van der Waals surface area contributed by atoms with Crippen LogP contribution >= 0.6 is 0 Å². The predicted octanol–water partition coefficient (Wildman–Crippen LogP) is 2.25. The van der Waals surface area contributed by atoms with Gasteiger partial charge in [-0.3, -0.25) is 0 Å². The molecule has 7 heteroatoms. The fourth-order valence-corrected chi connectivity index (χ4v) is 1.95. The molecule has 0 saturated carbocycles. The van der Waals surface area contributed by atoms with Gasteiger partial charge in [-0.15, -0.1) is 0 Å². The van der Waals surface area contributed by atoms with E-state index in [-0.39, 0.29) is 12.2 Å². The molecule has 0 aliphatic rings. The Morgan fingerprint density at radius 1 is 0.630 bits per heavy atom. The van der Waals surface area contributed by atoms with E-state index in [0.717, 1.165) is 11.1 Å². The van der Waals surface area contributed by atoms with Crippen LogP contribution in [-0.2, 0) is 33.2 Å². The van der Waals surface area contributed by atoms with E-state index in [1.165, 1.54) is 0 Å². The summed E-state index contributed by atoms with van der Waals surface area (Å²) in [4.78, 5) is 0. The summed E-state index contributed by atoms with van der Waals surface area (Å²) in [5.41, 5.74) is 1.94. The summed E-state index contributed by atoms with van der Waals surface area (Å²) in [6, 6.07) is 0. The molecule has 0 aromatic carbocycles. The van der Waals surface area contributed by atoms with Crippen molar-refractivity contribution in [1.29, 1.82) is 0 Å². The summed E-state index contributed by atoms with van der Waals surface area (Å²) in [7, 11) is 3.28. The van der Waals surface area contributed by atoms with E-state index >= 15 is 0 Å². The van der Waals surface area contributed by atoms with Crippen molar-refractivity contribution in [2.24, 2.45) is 0 Å². The second-order valence-corrected chi connectivity index (χ2v) is 6.45. The summed E-state index contributed by atoms with van der Waals surface area (Å²) in [5, 5.41) is 0. The number of hydrogen-bond acceptors (Lipinski definition) is 7. The van der Waals surface area contributed by atoms with Gasteiger partial charge in [0, 0.05) is 14.2 Å². The van der Waals surface area contributed by atoms with Crippen LogP contribution in [-0.4, -0.2) is 92.5 Å². The van der Waals surface area contributed by atoms with Gasteiger partial charge in [0.2, 0.25) is 0 Å². The maximum atomic E-state index is 5.64. The van der Waals surface area contributed by atoms with Crippen LogP contribution in [0.1, 0.15) is 13.8 Å². The molecule has 2 unspecified atom stereocenters. The molecular formula is C20H38O7. The monoisotopic (exact) mass is 390 g/mol. The number of rotatable bonds is 20. The molecule has 2 atom stereocenters. The summed E-state index contributed by atoms with van der Waals surface area (Å²) in [6.45, 7) is 16.3. The maximum Gasteiger partial charge on any atom is 0.104 e. The Hall–Kier alpha value is -0.800. The molecule has 7 nitrogen and oxygen atoms in total. The van der Waals surface area contributed by atoms with Crippen molar-refractivity contribution < 1.29 is 33.2 Å². The lowest BCUT2D eigenvalue weighted by Gasteiger charge is -2.18. The molecule has 0 spiro atoms. The van der Waals surface area contributed by atoms with Crippen LogP contribution in [0.4, 0.5) is 0 Å². The number of hydrogen-bond donors (Lipinski definition) is 0. The van der Waals surface area contributed by atoms with Gasteiger partial charge in [0.15, 0.2) is 0 Å². The maximum absolute atomic E-state index is 5.64. The van der Waals surface area contributed by atoms with E-state index in [1.54, 1.807) is 14.2 Å². The molecule has 0 saturated heterocycles. The van der Waals surface area contributed by atoms with Gasteiger partial charge in [0.1, 0.15) is 12.2 Å². The Labute approximate surface area is 164 Å². The summed E-state index contributed by atoms with van der Waals surface area (Å²) in [6.07, 6.45) is -0.209. The predicted molar refractivity (Wildman–Crippen MR) is 105 cm³/mol. The van der Waals surface area contributed by atoms with E-state index in [9.17, 15) is 0 Å². The fourth-order valence-electron chi connectivity index (χ4n) is 1.95. The standard InChI is InChI=1S/C20H38O7/c1-17(2)11-26-19(13-21-5)15-24-9-7-23-8-10-25-16-20(14-22-6)27-12-18(3)4/h19-20H,1,3,7-16H2,2,4-6H3. The van der Waals surface area contributed by atoms with Crippen LogP contribution in [0.2, 0.25) is 0 Å². The zero-order chi connectivity index (χ0) is 20.3. The first-order valence-electron chi connectivity index (χ1n) is 9.22. The van der Waals surface area contributed by atoms with E-state index < -0.39 is 0 Å². The third-order valence-electron chi connectivity index (χ3n) is 3.19. The van der Waals surface area contributed by atoms with Crippen LogP contribution in [0, 0.1) is 0 Å². The average Bonchev–Trinajstić information content (AvgIpc) is 2.62.